The highest BCUT2D eigenvalue weighted by atomic mass is 32.1. The molecule has 0 spiro atoms. The maximum Gasteiger partial charge on any atom is 0.190 e. The summed E-state index contributed by atoms with van der Waals surface area (Å²) in [6.45, 7) is 8.58. The molecule has 0 bridgehead atoms. The normalized spacial score (nSPS) is 11.7. The molecule has 0 aliphatic carbocycles. The van der Waals surface area contributed by atoms with Gasteiger partial charge in [-0.1, -0.05) is 51.2 Å². The van der Waals surface area contributed by atoms with Gasteiger partial charge in [-0.15, -0.1) is 0 Å². The maximum absolute atomic E-state index is 9.57. The van der Waals surface area contributed by atoms with E-state index in [0.29, 0.717) is 0 Å². The molecule has 4 heteroatoms. The minimum Gasteiger partial charge on any atom is -0.391 e. The first-order valence-electron chi connectivity index (χ1n) is 7.30. The number of aliphatic hydroxyl groups is 1. The molecule has 1 heterocycles. The molecule has 0 fully saturated rings. The van der Waals surface area contributed by atoms with Crippen molar-refractivity contribution in [1.82, 2.24) is 4.98 Å². The van der Waals surface area contributed by atoms with Crippen LogP contribution in [-0.2, 0) is 18.4 Å². The van der Waals surface area contributed by atoms with Crippen LogP contribution in [0.4, 0.5) is 10.8 Å². The van der Waals surface area contributed by atoms with Gasteiger partial charge >= 0.3 is 0 Å². The second kappa shape index (κ2) is 6.16. The SMILES string of the molecule is CCc1ccc(N(C)c2nc(C(C)(C)C)c(CO)s2)cc1. The second-order valence-electron chi connectivity index (χ2n) is 6.26. The summed E-state index contributed by atoms with van der Waals surface area (Å²) in [5, 5.41) is 10.5. The molecule has 0 saturated carbocycles. The second-order valence-corrected chi connectivity index (χ2v) is 7.32. The van der Waals surface area contributed by atoms with Crippen molar-refractivity contribution in [2.45, 2.75) is 46.1 Å². The fraction of sp³-hybridized carbons (Fsp3) is 0.471. The first-order valence-corrected chi connectivity index (χ1v) is 8.12. The lowest BCUT2D eigenvalue weighted by atomic mass is 9.91. The van der Waals surface area contributed by atoms with Crippen LogP contribution in [0.1, 0.15) is 43.8 Å². The average Bonchev–Trinajstić information content (AvgIpc) is 2.91. The van der Waals surface area contributed by atoms with Crippen molar-refractivity contribution in [2.24, 2.45) is 0 Å². The molecule has 0 atom stereocenters. The topological polar surface area (TPSA) is 36.4 Å². The number of aliphatic hydroxyl groups excluding tert-OH is 1. The Kier molecular flexibility index (Phi) is 4.69. The van der Waals surface area contributed by atoms with Gasteiger partial charge in [0.05, 0.1) is 17.2 Å². The van der Waals surface area contributed by atoms with Crippen molar-refractivity contribution in [3.63, 3.8) is 0 Å². The highest BCUT2D eigenvalue weighted by molar-refractivity contribution is 7.15. The van der Waals surface area contributed by atoms with Crippen molar-refractivity contribution >= 4 is 22.2 Å². The maximum atomic E-state index is 9.57. The molecule has 1 aromatic carbocycles. The molecule has 114 valence electrons. The van der Waals surface area contributed by atoms with Gasteiger partial charge in [0, 0.05) is 18.2 Å². The van der Waals surface area contributed by atoms with Gasteiger partial charge in [0.1, 0.15) is 0 Å². The Balaban J connectivity index is 2.34. The van der Waals surface area contributed by atoms with Crippen LogP contribution in [0.3, 0.4) is 0 Å². The number of thiazole rings is 1. The lowest BCUT2D eigenvalue weighted by Gasteiger charge is -2.18. The van der Waals surface area contributed by atoms with Crippen molar-refractivity contribution in [1.29, 1.82) is 0 Å². The highest BCUT2D eigenvalue weighted by Gasteiger charge is 2.24. The summed E-state index contributed by atoms with van der Waals surface area (Å²) in [6.07, 6.45) is 1.05. The molecular formula is C17H24N2OS. The van der Waals surface area contributed by atoms with Gasteiger partial charge in [-0.05, 0) is 24.1 Å². The summed E-state index contributed by atoms with van der Waals surface area (Å²) in [5.74, 6) is 0. The van der Waals surface area contributed by atoms with Crippen LogP contribution in [-0.4, -0.2) is 17.1 Å². The minimum absolute atomic E-state index is 0.0485. The molecule has 0 aliphatic heterocycles. The standard InChI is InChI=1S/C17H24N2OS/c1-6-12-7-9-13(10-8-12)19(5)16-18-15(17(2,3)4)14(11-20)21-16/h7-10,20H,6,11H2,1-5H3. The van der Waals surface area contributed by atoms with Crippen LogP contribution < -0.4 is 4.90 Å². The van der Waals surface area contributed by atoms with E-state index in [9.17, 15) is 5.11 Å². The van der Waals surface area contributed by atoms with Crippen LogP contribution in [0, 0.1) is 0 Å². The molecule has 1 aromatic heterocycles. The quantitative estimate of drug-likeness (QED) is 0.916. The number of hydrogen-bond acceptors (Lipinski definition) is 4. The van der Waals surface area contributed by atoms with E-state index in [2.05, 4.69) is 56.9 Å². The molecule has 1 N–H and O–H groups in total. The van der Waals surface area contributed by atoms with Crippen LogP contribution in [0.15, 0.2) is 24.3 Å². The minimum atomic E-state index is -0.0558. The Bertz CT molecular complexity index is 596. The van der Waals surface area contributed by atoms with Gasteiger partial charge in [0.25, 0.3) is 0 Å². The van der Waals surface area contributed by atoms with E-state index in [0.717, 1.165) is 27.8 Å². The summed E-state index contributed by atoms with van der Waals surface area (Å²) in [5.41, 5.74) is 3.38. The smallest absolute Gasteiger partial charge is 0.190 e. The van der Waals surface area contributed by atoms with E-state index < -0.39 is 0 Å². The summed E-state index contributed by atoms with van der Waals surface area (Å²) in [4.78, 5) is 7.79. The number of benzene rings is 1. The molecule has 2 rings (SSSR count). The van der Waals surface area contributed by atoms with Gasteiger partial charge in [-0.25, -0.2) is 4.98 Å². The van der Waals surface area contributed by atoms with E-state index >= 15 is 0 Å². The fourth-order valence-corrected chi connectivity index (χ4v) is 3.35. The number of anilines is 2. The predicted octanol–water partition coefficient (Wildman–Crippen LogP) is 4.26. The van der Waals surface area contributed by atoms with Crippen LogP contribution in [0.5, 0.6) is 0 Å². The molecule has 0 unspecified atom stereocenters. The molecule has 0 radical (unpaired) electrons. The Hall–Kier alpha value is -1.39. The van der Waals surface area contributed by atoms with Crippen molar-refractivity contribution in [2.75, 3.05) is 11.9 Å². The number of hydrogen-bond donors (Lipinski definition) is 1. The van der Waals surface area contributed by atoms with Gasteiger partial charge in [-0.3, -0.25) is 0 Å². The summed E-state index contributed by atoms with van der Waals surface area (Å²) in [7, 11) is 2.02. The van der Waals surface area contributed by atoms with Crippen LogP contribution in [0.2, 0.25) is 0 Å². The average molecular weight is 304 g/mol. The Morgan fingerprint density at radius 1 is 1.19 bits per heavy atom. The molecule has 3 nitrogen and oxygen atoms in total. The van der Waals surface area contributed by atoms with E-state index in [1.807, 2.05) is 7.05 Å². The molecule has 0 aliphatic rings. The summed E-state index contributed by atoms with van der Waals surface area (Å²) < 4.78 is 0. The Labute approximate surface area is 131 Å². The third kappa shape index (κ3) is 3.44. The zero-order valence-corrected chi connectivity index (χ0v) is 14.3. The van der Waals surface area contributed by atoms with Gasteiger partial charge < -0.3 is 10.0 Å². The highest BCUT2D eigenvalue weighted by Crippen LogP contribution is 2.35. The monoisotopic (exact) mass is 304 g/mol. The fourth-order valence-electron chi connectivity index (χ4n) is 2.24. The number of nitrogens with zero attached hydrogens (tertiary/aromatic N) is 2. The summed E-state index contributed by atoms with van der Waals surface area (Å²) in [6, 6.07) is 8.54. The molecule has 0 amide bonds. The molecule has 2 aromatic rings. The number of aromatic nitrogens is 1. The largest absolute Gasteiger partial charge is 0.391 e. The predicted molar refractivity (Wildman–Crippen MR) is 90.6 cm³/mol. The molecule has 21 heavy (non-hydrogen) atoms. The third-order valence-corrected chi connectivity index (χ3v) is 4.68. The molecule has 0 saturated heterocycles. The zero-order valence-electron chi connectivity index (χ0n) is 13.5. The van der Waals surface area contributed by atoms with E-state index in [1.54, 1.807) is 11.3 Å². The lowest BCUT2D eigenvalue weighted by molar-refractivity contribution is 0.282. The Morgan fingerprint density at radius 3 is 2.24 bits per heavy atom. The van der Waals surface area contributed by atoms with E-state index in [-0.39, 0.29) is 12.0 Å². The van der Waals surface area contributed by atoms with Gasteiger partial charge in [0.2, 0.25) is 0 Å². The van der Waals surface area contributed by atoms with Crippen molar-refractivity contribution in [3.8, 4) is 0 Å². The number of aryl methyl sites for hydroxylation is 1. The van der Waals surface area contributed by atoms with Gasteiger partial charge in [-0.2, -0.15) is 0 Å². The van der Waals surface area contributed by atoms with E-state index in [1.165, 1.54) is 5.56 Å². The Morgan fingerprint density at radius 2 is 1.81 bits per heavy atom. The zero-order chi connectivity index (χ0) is 15.6. The van der Waals surface area contributed by atoms with Crippen molar-refractivity contribution in [3.05, 3.63) is 40.4 Å². The lowest BCUT2D eigenvalue weighted by Crippen LogP contribution is -2.15. The van der Waals surface area contributed by atoms with E-state index in [4.69, 9.17) is 4.98 Å². The molecular weight excluding hydrogens is 280 g/mol. The van der Waals surface area contributed by atoms with Crippen LogP contribution >= 0.6 is 11.3 Å². The third-order valence-electron chi connectivity index (χ3n) is 3.56. The first-order chi connectivity index (χ1) is 9.86. The number of rotatable bonds is 4. The van der Waals surface area contributed by atoms with Crippen LogP contribution in [0.25, 0.3) is 0 Å². The summed E-state index contributed by atoms with van der Waals surface area (Å²) >= 11 is 1.56. The van der Waals surface area contributed by atoms with Crippen molar-refractivity contribution < 1.29 is 5.11 Å². The van der Waals surface area contributed by atoms with Gasteiger partial charge in [0.15, 0.2) is 5.13 Å². The first kappa shape index (κ1) is 16.0.